The number of ketones is 1. The Labute approximate surface area is 229 Å². The molecule has 0 amide bonds. The number of alkyl halides is 1. The van der Waals surface area contributed by atoms with Crippen molar-refractivity contribution in [2.24, 2.45) is 17.3 Å². The van der Waals surface area contributed by atoms with Crippen LogP contribution in [0.5, 0.6) is 5.75 Å². The number of halogens is 1. The molecule has 0 N–H and O–H groups in total. The Balaban J connectivity index is 0.000000617. The number of rotatable bonds is 8. The molecule has 0 spiro atoms. The monoisotopic (exact) mass is 549 g/mol. The van der Waals surface area contributed by atoms with Gasteiger partial charge in [-0.1, -0.05) is 69.3 Å². The van der Waals surface area contributed by atoms with E-state index in [9.17, 15) is 9.18 Å². The first-order valence-electron chi connectivity index (χ1n) is 13.4. The molecule has 1 heterocycles. The molecule has 4 nitrogen and oxygen atoms in total. The Morgan fingerprint density at radius 2 is 1.86 bits per heavy atom. The molecule has 206 valence electrons. The SMILES string of the molecule is CC.CC(C)(C)C.COCc1cnc(-c2cc(C3=CCC(C(=O)C4CCC4)CC3)ccc2OC(F)P)s1. The van der Waals surface area contributed by atoms with Gasteiger partial charge in [0.1, 0.15) is 16.5 Å². The van der Waals surface area contributed by atoms with Crippen molar-refractivity contribution in [1.29, 1.82) is 0 Å². The van der Waals surface area contributed by atoms with Gasteiger partial charge in [0.05, 0.1) is 17.0 Å². The Morgan fingerprint density at radius 1 is 1.19 bits per heavy atom. The Bertz CT molecular complexity index is 1020. The number of Topliss-reactive ketones (excluding diaryl/α,β-unsaturated/α-hetero) is 1. The largest absolute Gasteiger partial charge is 0.457 e. The van der Waals surface area contributed by atoms with E-state index in [4.69, 9.17) is 9.47 Å². The number of thiazole rings is 1. The maximum Gasteiger partial charge on any atom is 0.249 e. The van der Waals surface area contributed by atoms with E-state index in [1.165, 1.54) is 23.3 Å². The van der Waals surface area contributed by atoms with Crippen LogP contribution in [0.4, 0.5) is 4.39 Å². The molecule has 3 atom stereocenters. The summed E-state index contributed by atoms with van der Waals surface area (Å²) in [6.45, 7) is 13.2. The fourth-order valence-electron chi connectivity index (χ4n) is 4.14. The van der Waals surface area contributed by atoms with Crippen molar-refractivity contribution in [3.63, 3.8) is 0 Å². The van der Waals surface area contributed by atoms with Gasteiger partial charge in [0.15, 0.2) is 0 Å². The molecule has 1 aromatic carbocycles. The first kappa shape index (κ1) is 31.6. The third-order valence-electron chi connectivity index (χ3n) is 5.98. The minimum atomic E-state index is -1.49. The van der Waals surface area contributed by atoms with Gasteiger partial charge in [-0.15, -0.1) is 11.3 Å². The topological polar surface area (TPSA) is 48.4 Å². The number of carbonyl (C=O) groups excluding carboxylic acids is 1. The first-order valence-corrected chi connectivity index (χ1v) is 14.9. The van der Waals surface area contributed by atoms with Crippen LogP contribution >= 0.6 is 20.6 Å². The number of allylic oxidation sites excluding steroid dienone is 2. The molecule has 0 saturated heterocycles. The second kappa shape index (κ2) is 15.1. The lowest BCUT2D eigenvalue weighted by atomic mass is 9.74. The number of hydrogen-bond acceptors (Lipinski definition) is 5. The van der Waals surface area contributed by atoms with Crippen molar-refractivity contribution in [1.82, 2.24) is 4.98 Å². The van der Waals surface area contributed by atoms with Crippen LogP contribution in [0.15, 0.2) is 30.5 Å². The highest BCUT2D eigenvalue weighted by molar-refractivity contribution is 7.17. The highest BCUT2D eigenvalue weighted by atomic mass is 32.1. The molecular formula is C30H45FNO3PS. The van der Waals surface area contributed by atoms with Crippen LogP contribution in [-0.4, -0.2) is 24.0 Å². The molecule has 4 rings (SSSR count). The number of carbonyl (C=O) groups is 1. The third kappa shape index (κ3) is 10.2. The Hall–Kier alpha value is -1.62. The molecule has 37 heavy (non-hydrogen) atoms. The summed E-state index contributed by atoms with van der Waals surface area (Å²) in [7, 11) is 3.66. The second-order valence-electron chi connectivity index (χ2n) is 11.0. The number of hydrogen-bond donors (Lipinski definition) is 0. The fourth-order valence-corrected chi connectivity index (χ4v) is 5.19. The predicted molar refractivity (Wildman–Crippen MR) is 158 cm³/mol. The summed E-state index contributed by atoms with van der Waals surface area (Å²) < 4.78 is 24.1. The summed E-state index contributed by atoms with van der Waals surface area (Å²) in [6.07, 6.45) is 8.43. The van der Waals surface area contributed by atoms with E-state index in [1.807, 2.05) is 41.3 Å². The predicted octanol–water partition coefficient (Wildman–Crippen LogP) is 9.09. The summed E-state index contributed by atoms with van der Waals surface area (Å²) in [5.41, 5.74) is 3.59. The minimum Gasteiger partial charge on any atom is -0.457 e. The van der Waals surface area contributed by atoms with Gasteiger partial charge in [-0.05, 0) is 60.8 Å². The number of nitrogens with zero attached hydrogens (tertiary/aromatic N) is 1. The summed E-state index contributed by atoms with van der Waals surface area (Å²) in [5.74, 6) is 1.40. The van der Waals surface area contributed by atoms with Gasteiger partial charge in [0, 0.05) is 25.1 Å². The highest BCUT2D eigenvalue weighted by Gasteiger charge is 2.32. The number of aromatic nitrogens is 1. The van der Waals surface area contributed by atoms with Crippen LogP contribution in [0.2, 0.25) is 0 Å². The van der Waals surface area contributed by atoms with Crippen molar-refractivity contribution >= 4 is 31.9 Å². The van der Waals surface area contributed by atoms with Gasteiger partial charge in [-0.3, -0.25) is 4.79 Å². The molecule has 1 aromatic heterocycles. The van der Waals surface area contributed by atoms with Gasteiger partial charge < -0.3 is 9.47 Å². The molecule has 0 radical (unpaired) electrons. The molecule has 3 unspecified atom stereocenters. The normalized spacial score (nSPS) is 18.3. The zero-order valence-corrected chi connectivity index (χ0v) is 25.6. The zero-order valence-electron chi connectivity index (χ0n) is 23.6. The molecule has 1 fully saturated rings. The van der Waals surface area contributed by atoms with Crippen molar-refractivity contribution in [3.05, 3.63) is 40.9 Å². The van der Waals surface area contributed by atoms with E-state index in [0.717, 1.165) is 53.1 Å². The van der Waals surface area contributed by atoms with Gasteiger partial charge in [0.2, 0.25) is 6.10 Å². The van der Waals surface area contributed by atoms with E-state index in [1.54, 1.807) is 13.3 Å². The molecule has 2 aliphatic rings. The first-order chi connectivity index (χ1) is 17.5. The third-order valence-corrected chi connectivity index (χ3v) is 7.12. The lowest BCUT2D eigenvalue weighted by molar-refractivity contribution is -0.129. The standard InChI is InChI=1S/C23H27FNO3PS.C5H12.C2H6/c1-27-13-18-12-25-22(30-18)19-11-17(9-10-20(19)28-23(24)29)14-5-7-16(8-6-14)21(26)15-3-2-4-15;1-5(2,3)4;1-2/h5,9-12,15-16,23H,2-4,6-8,13,29H2,1H3;1-4H3;1-2H3. The molecule has 1 saturated carbocycles. The zero-order chi connectivity index (χ0) is 27.6. The van der Waals surface area contributed by atoms with E-state index < -0.39 is 6.10 Å². The maximum absolute atomic E-state index is 13.5. The average molecular weight is 550 g/mol. The molecule has 2 aliphatic carbocycles. The van der Waals surface area contributed by atoms with Crippen LogP contribution in [-0.2, 0) is 16.1 Å². The molecule has 7 heteroatoms. The summed E-state index contributed by atoms with van der Waals surface area (Å²) in [4.78, 5) is 18.1. The smallest absolute Gasteiger partial charge is 0.249 e. The molecule has 2 aromatic rings. The average Bonchev–Trinajstić information content (AvgIpc) is 3.27. The quantitative estimate of drug-likeness (QED) is 0.308. The van der Waals surface area contributed by atoms with E-state index in [0.29, 0.717) is 29.5 Å². The number of benzene rings is 1. The van der Waals surface area contributed by atoms with Crippen LogP contribution in [0, 0.1) is 17.3 Å². The summed E-state index contributed by atoms with van der Waals surface area (Å²) in [6, 6.07) is 5.80. The second-order valence-corrected chi connectivity index (χ2v) is 12.6. The van der Waals surface area contributed by atoms with E-state index in [-0.39, 0.29) is 5.92 Å². The van der Waals surface area contributed by atoms with Crippen molar-refractivity contribution in [2.45, 2.75) is 92.8 Å². The molecular weight excluding hydrogens is 504 g/mol. The lowest BCUT2D eigenvalue weighted by Crippen LogP contribution is -2.29. The van der Waals surface area contributed by atoms with Gasteiger partial charge >= 0.3 is 0 Å². The van der Waals surface area contributed by atoms with Crippen LogP contribution in [0.1, 0.15) is 90.5 Å². The van der Waals surface area contributed by atoms with Crippen LogP contribution in [0.3, 0.4) is 0 Å². The van der Waals surface area contributed by atoms with Gasteiger partial charge in [-0.25, -0.2) is 4.98 Å². The lowest BCUT2D eigenvalue weighted by Gasteiger charge is -2.30. The van der Waals surface area contributed by atoms with Crippen LogP contribution in [0.25, 0.3) is 16.1 Å². The highest BCUT2D eigenvalue weighted by Crippen LogP contribution is 2.40. The van der Waals surface area contributed by atoms with Gasteiger partial charge in [0.25, 0.3) is 0 Å². The summed E-state index contributed by atoms with van der Waals surface area (Å²) in [5, 5.41) is 0.777. The van der Waals surface area contributed by atoms with E-state index >= 15 is 0 Å². The van der Waals surface area contributed by atoms with Crippen LogP contribution < -0.4 is 4.74 Å². The Morgan fingerprint density at radius 3 is 2.38 bits per heavy atom. The van der Waals surface area contributed by atoms with Gasteiger partial charge in [-0.2, -0.15) is 4.39 Å². The molecule has 0 aliphatic heterocycles. The van der Waals surface area contributed by atoms with Crippen molar-refractivity contribution in [2.75, 3.05) is 7.11 Å². The fraction of sp³-hybridized carbons (Fsp3) is 0.600. The number of ether oxygens (including phenoxy) is 2. The Kier molecular flexibility index (Phi) is 12.9. The van der Waals surface area contributed by atoms with Crippen molar-refractivity contribution < 1.29 is 18.7 Å². The number of methoxy groups -OCH3 is 1. The maximum atomic E-state index is 13.5. The molecule has 0 bridgehead atoms. The van der Waals surface area contributed by atoms with Crippen molar-refractivity contribution in [3.8, 4) is 16.3 Å². The van der Waals surface area contributed by atoms with E-state index in [2.05, 4.69) is 38.8 Å². The minimum absolute atomic E-state index is 0.168. The summed E-state index contributed by atoms with van der Waals surface area (Å²) >= 11 is 1.51.